The Morgan fingerprint density at radius 2 is 2.00 bits per heavy atom. The van der Waals surface area contributed by atoms with Gasteiger partial charge in [0.2, 0.25) is 0 Å². The molecule has 0 saturated heterocycles. The molecular formula is C13H11N3OS. The van der Waals surface area contributed by atoms with Crippen LogP contribution in [0.15, 0.2) is 40.2 Å². The molecule has 1 aromatic carbocycles. The molecule has 0 aliphatic heterocycles. The van der Waals surface area contributed by atoms with E-state index in [0.29, 0.717) is 10.9 Å². The summed E-state index contributed by atoms with van der Waals surface area (Å²) < 4.78 is 1.46. The molecule has 5 heteroatoms. The maximum Gasteiger partial charge on any atom is 0.277 e. The summed E-state index contributed by atoms with van der Waals surface area (Å²) in [6.45, 7) is 1.76. The van der Waals surface area contributed by atoms with Crippen LogP contribution in [0.25, 0.3) is 5.69 Å². The summed E-state index contributed by atoms with van der Waals surface area (Å²) in [5.74, 6) is 0.578. The predicted molar refractivity (Wildman–Crippen MR) is 71.1 cm³/mol. The maximum atomic E-state index is 12.3. The van der Waals surface area contributed by atoms with Gasteiger partial charge in [-0.2, -0.15) is 5.26 Å². The van der Waals surface area contributed by atoms with Crippen LogP contribution in [0.4, 0.5) is 0 Å². The second-order valence-electron chi connectivity index (χ2n) is 3.63. The molecule has 0 saturated carbocycles. The van der Waals surface area contributed by atoms with Gasteiger partial charge in [0.25, 0.3) is 5.56 Å². The summed E-state index contributed by atoms with van der Waals surface area (Å²) in [6.07, 6.45) is 1.80. The molecule has 90 valence electrons. The zero-order valence-electron chi connectivity index (χ0n) is 10.0. The molecule has 0 aliphatic rings. The topological polar surface area (TPSA) is 58.7 Å². The van der Waals surface area contributed by atoms with Gasteiger partial charge < -0.3 is 0 Å². The van der Waals surface area contributed by atoms with Crippen molar-refractivity contribution in [2.75, 3.05) is 6.26 Å². The summed E-state index contributed by atoms with van der Waals surface area (Å²) in [5, 5.41) is 9.55. The quantitative estimate of drug-likeness (QED) is 0.611. The van der Waals surface area contributed by atoms with Crippen molar-refractivity contribution in [3.05, 3.63) is 52.1 Å². The molecule has 18 heavy (non-hydrogen) atoms. The van der Waals surface area contributed by atoms with E-state index in [2.05, 4.69) is 4.98 Å². The number of benzene rings is 1. The van der Waals surface area contributed by atoms with Crippen molar-refractivity contribution in [2.24, 2.45) is 0 Å². The van der Waals surface area contributed by atoms with E-state index in [0.717, 1.165) is 5.69 Å². The molecule has 4 nitrogen and oxygen atoms in total. The van der Waals surface area contributed by atoms with Crippen molar-refractivity contribution in [1.82, 2.24) is 9.55 Å². The van der Waals surface area contributed by atoms with E-state index >= 15 is 0 Å². The number of hydrogen-bond acceptors (Lipinski definition) is 4. The molecule has 0 spiro atoms. The second-order valence-corrected chi connectivity index (χ2v) is 4.43. The van der Waals surface area contributed by atoms with E-state index in [1.807, 2.05) is 36.4 Å². The van der Waals surface area contributed by atoms with E-state index in [-0.39, 0.29) is 11.1 Å². The molecule has 0 amide bonds. The van der Waals surface area contributed by atoms with E-state index in [1.54, 1.807) is 13.2 Å². The van der Waals surface area contributed by atoms with Gasteiger partial charge in [0, 0.05) is 0 Å². The van der Waals surface area contributed by atoms with E-state index in [1.165, 1.54) is 16.3 Å². The van der Waals surface area contributed by atoms with Crippen LogP contribution in [0.1, 0.15) is 11.4 Å². The third kappa shape index (κ3) is 2.03. The Morgan fingerprint density at radius 1 is 1.33 bits per heavy atom. The standard InChI is InChI=1S/C13H11N3OS/c1-9-15-12(18-2)11(8-14)13(17)16(9)10-6-4-3-5-7-10/h3-7H,1-2H3. The minimum Gasteiger partial charge on any atom is -0.267 e. The zero-order valence-corrected chi connectivity index (χ0v) is 10.9. The number of aromatic nitrogens is 2. The van der Waals surface area contributed by atoms with Crippen LogP contribution in [0, 0.1) is 18.3 Å². The highest BCUT2D eigenvalue weighted by molar-refractivity contribution is 7.98. The molecule has 0 radical (unpaired) electrons. The number of nitriles is 1. The molecule has 0 fully saturated rings. The minimum atomic E-state index is -0.319. The summed E-state index contributed by atoms with van der Waals surface area (Å²) >= 11 is 1.31. The Kier molecular flexibility index (Phi) is 3.49. The van der Waals surface area contributed by atoms with Crippen molar-refractivity contribution in [2.45, 2.75) is 11.9 Å². The first-order valence-corrected chi connectivity index (χ1v) is 6.54. The molecule has 1 heterocycles. The van der Waals surface area contributed by atoms with Crippen molar-refractivity contribution in [1.29, 1.82) is 5.26 Å². The lowest BCUT2D eigenvalue weighted by atomic mass is 10.3. The number of thioether (sulfide) groups is 1. The molecule has 2 aromatic rings. The van der Waals surface area contributed by atoms with Gasteiger partial charge in [0.05, 0.1) is 5.69 Å². The highest BCUT2D eigenvalue weighted by atomic mass is 32.2. The molecule has 0 atom stereocenters. The monoisotopic (exact) mass is 257 g/mol. The molecule has 0 N–H and O–H groups in total. The number of hydrogen-bond donors (Lipinski definition) is 0. The molecule has 1 aromatic heterocycles. The lowest BCUT2D eigenvalue weighted by Crippen LogP contribution is -2.25. The SMILES string of the molecule is CSc1nc(C)n(-c2ccccc2)c(=O)c1C#N. The fourth-order valence-corrected chi connectivity index (χ4v) is 2.29. The van der Waals surface area contributed by atoms with Gasteiger partial charge in [0.15, 0.2) is 0 Å². The van der Waals surface area contributed by atoms with Gasteiger partial charge in [-0.15, -0.1) is 11.8 Å². The molecule has 0 bridgehead atoms. The largest absolute Gasteiger partial charge is 0.277 e. The Bertz CT molecular complexity index is 671. The first-order chi connectivity index (χ1) is 8.69. The van der Waals surface area contributed by atoms with Crippen LogP contribution in [0.5, 0.6) is 0 Å². The maximum absolute atomic E-state index is 12.3. The number of rotatable bonds is 2. The summed E-state index contributed by atoms with van der Waals surface area (Å²) in [4.78, 5) is 16.6. The van der Waals surface area contributed by atoms with Crippen molar-refractivity contribution < 1.29 is 0 Å². The fraction of sp³-hybridized carbons (Fsp3) is 0.154. The second kappa shape index (κ2) is 5.07. The third-order valence-corrected chi connectivity index (χ3v) is 3.22. The molecule has 0 aliphatic carbocycles. The summed E-state index contributed by atoms with van der Waals surface area (Å²) in [6, 6.07) is 11.1. The van der Waals surface area contributed by atoms with E-state index in [9.17, 15) is 4.79 Å². The first kappa shape index (κ1) is 12.4. The van der Waals surface area contributed by atoms with Gasteiger partial charge in [-0.05, 0) is 25.3 Å². The van der Waals surface area contributed by atoms with Crippen LogP contribution in [-0.4, -0.2) is 15.8 Å². The van der Waals surface area contributed by atoms with Crippen LogP contribution in [0.3, 0.4) is 0 Å². The van der Waals surface area contributed by atoms with Crippen LogP contribution in [0.2, 0.25) is 0 Å². The van der Waals surface area contributed by atoms with Gasteiger partial charge in [0.1, 0.15) is 22.5 Å². The molecule has 2 rings (SSSR count). The van der Waals surface area contributed by atoms with Gasteiger partial charge in [-0.3, -0.25) is 9.36 Å². The van der Waals surface area contributed by atoms with Gasteiger partial charge >= 0.3 is 0 Å². The predicted octanol–water partition coefficient (Wildman–Crippen LogP) is 2.13. The fourth-order valence-electron chi connectivity index (χ4n) is 1.73. The lowest BCUT2D eigenvalue weighted by Gasteiger charge is -2.11. The summed E-state index contributed by atoms with van der Waals surface area (Å²) in [7, 11) is 0. The number of aryl methyl sites for hydroxylation is 1. The zero-order chi connectivity index (χ0) is 13.1. The van der Waals surface area contributed by atoms with Crippen molar-refractivity contribution in [3.8, 4) is 11.8 Å². The average Bonchev–Trinajstić information content (AvgIpc) is 2.39. The number of para-hydroxylation sites is 1. The first-order valence-electron chi connectivity index (χ1n) is 5.32. The smallest absolute Gasteiger partial charge is 0.267 e. The van der Waals surface area contributed by atoms with Crippen LogP contribution < -0.4 is 5.56 Å². The van der Waals surface area contributed by atoms with E-state index < -0.39 is 0 Å². The van der Waals surface area contributed by atoms with Crippen LogP contribution >= 0.6 is 11.8 Å². The highest BCUT2D eigenvalue weighted by Crippen LogP contribution is 2.16. The van der Waals surface area contributed by atoms with Crippen LogP contribution in [-0.2, 0) is 0 Å². The normalized spacial score (nSPS) is 10.1. The Balaban J connectivity index is 2.79. The third-order valence-electron chi connectivity index (χ3n) is 2.54. The van der Waals surface area contributed by atoms with Gasteiger partial charge in [-0.25, -0.2) is 4.98 Å². The van der Waals surface area contributed by atoms with E-state index in [4.69, 9.17) is 5.26 Å². The van der Waals surface area contributed by atoms with Crippen molar-refractivity contribution in [3.63, 3.8) is 0 Å². The minimum absolute atomic E-state index is 0.0944. The molecule has 0 unspecified atom stereocenters. The molecular weight excluding hydrogens is 246 g/mol. The van der Waals surface area contributed by atoms with Gasteiger partial charge in [-0.1, -0.05) is 18.2 Å². The average molecular weight is 257 g/mol. The Hall–Kier alpha value is -2.06. The number of nitrogens with zero attached hydrogens (tertiary/aromatic N) is 3. The lowest BCUT2D eigenvalue weighted by molar-refractivity contribution is 0.821. The Morgan fingerprint density at radius 3 is 2.56 bits per heavy atom. The highest BCUT2D eigenvalue weighted by Gasteiger charge is 2.14. The summed E-state index contributed by atoms with van der Waals surface area (Å²) in [5.41, 5.74) is 0.495. The van der Waals surface area contributed by atoms with Crippen molar-refractivity contribution >= 4 is 11.8 Å². The Labute approximate surface area is 109 Å².